The third kappa shape index (κ3) is 3.58. The lowest BCUT2D eigenvalue weighted by Gasteiger charge is -2.11. The van der Waals surface area contributed by atoms with Gasteiger partial charge in [-0.25, -0.2) is 13.6 Å². The second kappa shape index (κ2) is 5.94. The molecule has 0 aliphatic heterocycles. The fourth-order valence-corrected chi connectivity index (χ4v) is 2.36. The van der Waals surface area contributed by atoms with E-state index in [1.54, 1.807) is 6.92 Å². The monoisotopic (exact) mass is 310 g/mol. The van der Waals surface area contributed by atoms with Gasteiger partial charge in [0.25, 0.3) is 5.91 Å². The summed E-state index contributed by atoms with van der Waals surface area (Å²) in [6, 6.07) is 4.21. The standard InChI is InChI=1S/C12H14N4O4S/c1-2-20-10-4-3-9(5-11(10)21(13,18)19)16-12(17)8-6-14-15-7-8/h3-7H,2H2,1H3,(H,14,15)(H,16,17)(H2,13,18,19). The Morgan fingerprint density at radius 1 is 1.48 bits per heavy atom. The number of benzene rings is 1. The number of anilines is 1. The number of carbonyl (C=O) groups is 1. The molecule has 0 radical (unpaired) electrons. The molecule has 1 aromatic heterocycles. The molecule has 1 aromatic carbocycles. The van der Waals surface area contributed by atoms with Crippen molar-refractivity contribution in [3.8, 4) is 5.75 Å². The summed E-state index contributed by atoms with van der Waals surface area (Å²) in [7, 11) is -3.96. The van der Waals surface area contributed by atoms with Crippen LogP contribution in [0, 0.1) is 0 Å². The predicted octanol–water partition coefficient (Wildman–Crippen LogP) is 0.708. The molecule has 1 heterocycles. The second-order valence-electron chi connectivity index (χ2n) is 4.08. The van der Waals surface area contributed by atoms with Crippen LogP contribution in [-0.4, -0.2) is 31.1 Å². The summed E-state index contributed by atoms with van der Waals surface area (Å²) in [6.07, 6.45) is 2.77. The van der Waals surface area contributed by atoms with Gasteiger partial charge in [-0.05, 0) is 25.1 Å². The molecule has 0 fully saturated rings. The highest BCUT2D eigenvalue weighted by molar-refractivity contribution is 7.89. The number of carbonyl (C=O) groups excluding carboxylic acids is 1. The largest absolute Gasteiger partial charge is 0.492 e. The molecule has 2 aromatic rings. The normalized spacial score (nSPS) is 11.1. The van der Waals surface area contributed by atoms with Gasteiger partial charge in [0.2, 0.25) is 10.0 Å². The zero-order valence-corrected chi connectivity index (χ0v) is 12.0. The van der Waals surface area contributed by atoms with Crippen LogP contribution in [0.15, 0.2) is 35.5 Å². The Morgan fingerprint density at radius 3 is 2.81 bits per heavy atom. The molecule has 0 saturated carbocycles. The molecule has 0 aliphatic rings. The second-order valence-corrected chi connectivity index (χ2v) is 5.61. The number of primary sulfonamides is 1. The van der Waals surface area contributed by atoms with E-state index in [0.29, 0.717) is 12.2 Å². The fraction of sp³-hybridized carbons (Fsp3) is 0.167. The van der Waals surface area contributed by atoms with Crippen LogP contribution in [0.4, 0.5) is 5.69 Å². The van der Waals surface area contributed by atoms with Gasteiger partial charge in [-0.2, -0.15) is 5.10 Å². The zero-order chi connectivity index (χ0) is 15.5. The summed E-state index contributed by atoms with van der Waals surface area (Å²) in [4.78, 5) is 11.7. The maximum Gasteiger partial charge on any atom is 0.258 e. The quantitative estimate of drug-likeness (QED) is 0.749. The van der Waals surface area contributed by atoms with Gasteiger partial charge in [-0.15, -0.1) is 0 Å². The smallest absolute Gasteiger partial charge is 0.258 e. The number of H-pyrrole nitrogens is 1. The third-order valence-corrected chi connectivity index (χ3v) is 3.50. The van der Waals surface area contributed by atoms with Gasteiger partial charge in [0.05, 0.1) is 18.4 Å². The number of sulfonamides is 1. The van der Waals surface area contributed by atoms with Crippen LogP contribution in [-0.2, 0) is 10.0 Å². The van der Waals surface area contributed by atoms with Crippen molar-refractivity contribution in [1.82, 2.24) is 10.2 Å². The van der Waals surface area contributed by atoms with Gasteiger partial charge in [0, 0.05) is 11.9 Å². The number of nitrogens with zero attached hydrogens (tertiary/aromatic N) is 1. The molecule has 0 saturated heterocycles. The Labute approximate surface area is 121 Å². The highest BCUT2D eigenvalue weighted by Gasteiger charge is 2.17. The first-order valence-corrected chi connectivity index (χ1v) is 7.56. The first-order valence-electron chi connectivity index (χ1n) is 6.01. The summed E-state index contributed by atoms with van der Waals surface area (Å²) in [5.74, 6) is -0.283. The number of nitrogens with one attached hydrogen (secondary N) is 2. The van der Waals surface area contributed by atoms with Crippen LogP contribution in [0.1, 0.15) is 17.3 Å². The molecule has 0 bridgehead atoms. The molecule has 0 aliphatic carbocycles. The van der Waals surface area contributed by atoms with Crippen molar-refractivity contribution in [2.45, 2.75) is 11.8 Å². The summed E-state index contributed by atoms with van der Waals surface area (Å²) >= 11 is 0. The lowest BCUT2D eigenvalue weighted by Crippen LogP contribution is -2.16. The van der Waals surface area contributed by atoms with Gasteiger partial charge in [0.15, 0.2) is 0 Å². The third-order valence-electron chi connectivity index (χ3n) is 2.57. The van der Waals surface area contributed by atoms with E-state index in [1.807, 2.05) is 0 Å². The molecular weight excluding hydrogens is 296 g/mol. The maximum absolute atomic E-state index is 11.9. The Balaban J connectivity index is 2.32. The lowest BCUT2D eigenvalue weighted by molar-refractivity contribution is 0.102. The number of hydrogen-bond acceptors (Lipinski definition) is 5. The van der Waals surface area contributed by atoms with Crippen molar-refractivity contribution >= 4 is 21.6 Å². The van der Waals surface area contributed by atoms with Crippen LogP contribution >= 0.6 is 0 Å². The number of ether oxygens (including phenoxy) is 1. The average molecular weight is 310 g/mol. The van der Waals surface area contributed by atoms with Crippen LogP contribution in [0.2, 0.25) is 0 Å². The molecule has 112 valence electrons. The van der Waals surface area contributed by atoms with E-state index in [9.17, 15) is 13.2 Å². The number of aromatic amines is 1. The Bertz CT molecular complexity index is 741. The minimum absolute atomic E-state index is 0.140. The minimum Gasteiger partial charge on any atom is -0.492 e. The maximum atomic E-state index is 11.9. The number of amides is 1. The Kier molecular flexibility index (Phi) is 4.24. The fourth-order valence-electron chi connectivity index (χ4n) is 1.66. The van der Waals surface area contributed by atoms with Crippen molar-refractivity contribution in [3.05, 3.63) is 36.2 Å². The van der Waals surface area contributed by atoms with Crippen LogP contribution in [0.3, 0.4) is 0 Å². The van der Waals surface area contributed by atoms with Gasteiger partial charge >= 0.3 is 0 Å². The summed E-state index contributed by atoms with van der Waals surface area (Å²) < 4.78 is 28.3. The molecule has 0 spiro atoms. The number of aromatic nitrogens is 2. The average Bonchev–Trinajstić information content (AvgIpc) is 2.93. The van der Waals surface area contributed by atoms with Crippen molar-refractivity contribution in [3.63, 3.8) is 0 Å². The summed E-state index contributed by atoms with van der Waals surface area (Å²) in [5, 5.41) is 13.9. The molecule has 1 amide bonds. The lowest BCUT2D eigenvalue weighted by atomic mass is 10.2. The zero-order valence-electron chi connectivity index (χ0n) is 11.2. The van der Waals surface area contributed by atoms with Gasteiger partial charge < -0.3 is 10.1 Å². The topological polar surface area (TPSA) is 127 Å². The molecule has 9 heteroatoms. The van der Waals surface area contributed by atoms with Crippen molar-refractivity contribution in [2.75, 3.05) is 11.9 Å². The Hall–Kier alpha value is -2.39. The molecule has 21 heavy (non-hydrogen) atoms. The van der Waals surface area contributed by atoms with Crippen LogP contribution in [0.5, 0.6) is 5.75 Å². The van der Waals surface area contributed by atoms with E-state index in [2.05, 4.69) is 15.5 Å². The minimum atomic E-state index is -3.96. The molecule has 0 atom stereocenters. The summed E-state index contributed by atoms with van der Waals surface area (Å²) in [6.45, 7) is 2.02. The van der Waals surface area contributed by atoms with E-state index in [-0.39, 0.29) is 16.3 Å². The molecule has 2 rings (SSSR count). The predicted molar refractivity (Wildman–Crippen MR) is 75.5 cm³/mol. The van der Waals surface area contributed by atoms with E-state index in [1.165, 1.54) is 30.6 Å². The van der Waals surface area contributed by atoms with Crippen LogP contribution < -0.4 is 15.2 Å². The van der Waals surface area contributed by atoms with Crippen LogP contribution in [0.25, 0.3) is 0 Å². The SMILES string of the molecule is CCOc1ccc(NC(=O)c2cn[nH]c2)cc1S(N)(=O)=O. The van der Waals surface area contributed by atoms with E-state index < -0.39 is 15.9 Å². The van der Waals surface area contributed by atoms with E-state index in [4.69, 9.17) is 9.88 Å². The van der Waals surface area contributed by atoms with Gasteiger partial charge in [-0.1, -0.05) is 0 Å². The molecular formula is C12H14N4O4S. The Morgan fingerprint density at radius 2 is 2.24 bits per heavy atom. The van der Waals surface area contributed by atoms with Crippen molar-refractivity contribution < 1.29 is 17.9 Å². The number of hydrogen-bond donors (Lipinski definition) is 3. The highest BCUT2D eigenvalue weighted by atomic mass is 32.2. The molecule has 0 unspecified atom stereocenters. The van der Waals surface area contributed by atoms with Crippen molar-refractivity contribution in [1.29, 1.82) is 0 Å². The van der Waals surface area contributed by atoms with E-state index >= 15 is 0 Å². The van der Waals surface area contributed by atoms with Gasteiger partial charge in [0.1, 0.15) is 10.6 Å². The number of rotatable bonds is 5. The van der Waals surface area contributed by atoms with E-state index in [0.717, 1.165) is 0 Å². The highest BCUT2D eigenvalue weighted by Crippen LogP contribution is 2.26. The van der Waals surface area contributed by atoms with Gasteiger partial charge in [-0.3, -0.25) is 9.89 Å². The first-order chi connectivity index (χ1) is 9.91. The summed E-state index contributed by atoms with van der Waals surface area (Å²) in [5.41, 5.74) is 0.606. The van der Waals surface area contributed by atoms with Crippen molar-refractivity contribution in [2.24, 2.45) is 5.14 Å². The molecule has 4 N–H and O–H groups in total. The first kappa shape index (κ1) is 15.0. The molecule has 8 nitrogen and oxygen atoms in total. The number of nitrogens with two attached hydrogens (primary N) is 1.